The van der Waals surface area contributed by atoms with Crippen molar-refractivity contribution in [3.05, 3.63) is 40.9 Å². The summed E-state index contributed by atoms with van der Waals surface area (Å²) in [6.45, 7) is 3.57. The SMILES string of the molecule is C=Cc1cc(Cl)ccc1C#N. The molecule has 54 valence electrons. The topological polar surface area (TPSA) is 23.8 Å². The molecule has 11 heavy (non-hydrogen) atoms. The summed E-state index contributed by atoms with van der Waals surface area (Å²) in [5.41, 5.74) is 1.38. The lowest BCUT2D eigenvalue weighted by molar-refractivity contribution is 1.47. The monoisotopic (exact) mass is 163 g/mol. The molecule has 1 aromatic rings. The minimum atomic E-state index is 0.601. The number of hydrogen-bond donors (Lipinski definition) is 0. The highest BCUT2D eigenvalue weighted by Gasteiger charge is 1.97. The molecule has 0 aromatic heterocycles. The van der Waals surface area contributed by atoms with Crippen LogP contribution in [-0.2, 0) is 0 Å². The lowest BCUT2D eigenvalue weighted by Crippen LogP contribution is -1.79. The minimum absolute atomic E-state index is 0.601. The van der Waals surface area contributed by atoms with Crippen molar-refractivity contribution in [2.24, 2.45) is 0 Å². The Balaban J connectivity index is 3.30. The van der Waals surface area contributed by atoms with Crippen molar-refractivity contribution in [1.29, 1.82) is 5.26 Å². The third kappa shape index (κ3) is 1.60. The second-order valence-electron chi connectivity index (χ2n) is 2.05. The summed E-state index contributed by atoms with van der Waals surface area (Å²) < 4.78 is 0. The van der Waals surface area contributed by atoms with Crippen molar-refractivity contribution in [2.45, 2.75) is 0 Å². The van der Waals surface area contributed by atoms with E-state index in [1.807, 2.05) is 6.07 Å². The van der Waals surface area contributed by atoms with Crippen LogP contribution in [0.2, 0.25) is 5.02 Å². The van der Waals surface area contributed by atoms with Crippen molar-refractivity contribution >= 4 is 17.7 Å². The van der Waals surface area contributed by atoms with E-state index in [0.29, 0.717) is 10.6 Å². The highest BCUT2D eigenvalue weighted by atomic mass is 35.5. The molecular weight excluding hydrogens is 158 g/mol. The molecule has 0 aliphatic rings. The molecule has 0 fully saturated rings. The summed E-state index contributed by atoms with van der Waals surface area (Å²) in [4.78, 5) is 0. The van der Waals surface area contributed by atoms with Gasteiger partial charge in [0.1, 0.15) is 0 Å². The van der Waals surface area contributed by atoms with Gasteiger partial charge in [-0.1, -0.05) is 24.3 Å². The summed E-state index contributed by atoms with van der Waals surface area (Å²) in [5, 5.41) is 9.22. The first kappa shape index (κ1) is 7.84. The van der Waals surface area contributed by atoms with Crippen LogP contribution < -0.4 is 0 Å². The molecule has 0 N–H and O–H groups in total. The summed E-state index contributed by atoms with van der Waals surface area (Å²) in [6.07, 6.45) is 1.62. The van der Waals surface area contributed by atoms with Crippen LogP contribution in [0.5, 0.6) is 0 Å². The van der Waals surface area contributed by atoms with Gasteiger partial charge in [0.2, 0.25) is 0 Å². The van der Waals surface area contributed by atoms with Gasteiger partial charge >= 0.3 is 0 Å². The second-order valence-corrected chi connectivity index (χ2v) is 2.48. The summed E-state index contributed by atoms with van der Waals surface area (Å²) in [7, 11) is 0. The molecular formula is C9H6ClN. The fourth-order valence-corrected chi connectivity index (χ4v) is 0.985. The lowest BCUT2D eigenvalue weighted by atomic mass is 10.1. The summed E-state index contributed by atoms with van der Waals surface area (Å²) in [5.74, 6) is 0. The van der Waals surface area contributed by atoms with Gasteiger partial charge in [0.15, 0.2) is 0 Å². The van der Waals surface area contributed by atoms with Gasteiger partial charge in [-0.05, 0) is 23.8 Å². The highest BCUT2D eigenvalue weighted by molar-refractivity contribution is 6.30. The zero-order chi connectivity index (χ0) is 8.27. The first-order valence-electron chi connectivity index (χ1n) is 3.10. The Morgan fingerprint density at radius 3 is 2.82 bits per heavy atom. The molecule has 0 saturated heterocycles. The molecule has 0 amide bonds. The number of rotatable bonds is 1. The van der Waals surface area contributed by atoms with E-state index in [4.69, 9.17) is 16.9 Å². The molecule has 2 heteroatoms. The minimum Gasteiger partial charge on any atom is -0.192 e. The van der Waals surface area contributed by atoms with Crippen molar-refractivity contribution in [1.82, 2.24) is 0 Å². The standard InChI is InChI=1S/C9H6ClN/c1-2-7-5-9(10)4-3-8(7)6-11/h2-5H,1H2. The number of halogens is 1. The molecule has 1 rings (SSSR count). The van der Waals surface area contributed by atoms with E-state index in [-0.39, 0.29) is 0 Å². The van der Waals surface area contributed by atoms with E-state index < -0.39 is 0 Å². The van der Waals surface area contributed by atoms with Crippen LogP contribution in [0.1, 0.15) is 11.1 Å². The van der Waals surface area contributed by atoms with E-state index in [1.54, 1.807) is 24.3 Å². The predicted molar refractivity (Wildman–Crippen MR) is 46.3 cm³/mol. The van der Waals surface area contributed by atoms with E-state index in [1.165, 1.54) is 0 Å². The Hall–Kier alpha value is -1.26. The summed E-state index contributed by atoms with van der Waals surface area (Å²) >= 11 is 5.70. The van der Waals surface area contributed by atoms with Gasteiger partial charge in [0.05, 0.1) is 11.6 Å². The molecule has 0 radical (unpaired) electrons. The Kier molecular flexibility index (Phi) is 2.30. The van der Waals surface area contributed by atoms with Gasteiger partial charge in [0.25, 0.3) is 0 Å². The quantitative estimate of drug-likeness (QED) is 0.625. The van der Waals surface area contributed by atoms with E-state index in [2.05, 4.69) is 6.58 Å². The van der Waals surface area contributed by atoms with Gasteiger partial charge in [-0.3, -0.25) is 0 Å². The number of nitrogens with zero attached hydrogens (tertiary/aromatic N) is 1. The molecule has 0 aliphatic carbocycles. The van der Waals surface area contributed by atoms with Crippen LogP contribution in [-0.4, -0.2) is 0 Å². The van der Waals surface area contributed by atoms with Crippen LogP contribution in [0.15, 0.2) is 24.8 Å². The molecule has 1 nitrogen and oxygen atoms in total. The molecule has 0 saturated carbocycles. The first-order chi connectivity index (χ1) is 5.27. The number of nitriles is 1. The molecule has 0 aliphatic heterocycles. The highest BCUT2D eigenvalue weighted by Crippen LogP contribution is 2.15. The van der Waals surface area contributed by atoms with Crippen LogP contribution in [0.25, 0.3) is 6.08 Å². The Bertz CT molecular complexity index is 323. The fourth-order valence-electron chi connectivity index (χ4n) is 0.804. The van der Waals surface area contributed by atoms with Crippen LogP contribution in [0.3, 0.4) is 0 Å². The average molecular weight is 164 g/mol. The molecule has 0 bridgehead atoms. The van der Waals surface area contributed by atoms with E-state index in [9.17, 15) is 0 Å². The molecule has 0 heterocycles. The van der Waals surface area contributed by atoms with Crippen LogP contribution in [0, 0.1) is 11.3 Å². The van der Waals surface area contributed by atoms with Gasteiger partial charge in [-0.2, -0.15) is 5.26 Å². The van der Waals surface area contributed by atoms with Crippen molar-refractivity contribution in [3.8, 4) is 6.07 Å². The maximum Gasteiger partial charge on any atom is 0.0997 e. The van der Waals surface area contributed by atoms with Gasteiger partial charge in [0, 0.05) is 5.02 Å². The van der Waals surface area contributed by atoms with Crippen molar-refractivity contribution in [2.75, 3.05) is 0 Å². The molecule has 0 spiro atoms. The van der Waals surface area contributed by atoms with Gasteiger partial charge < -0.3 is 0 Å². The van der Waals surface area contributed by atoms with Crippen LogP contribution in [0.4, 0.5) is 0 Å². The predicted octanol–water partition coefficient (Wildman–Crippen LogP) is 2.85. The average Bonchev–Trinajstić information content (AvgIpc) is 2.04. The third-order valence-corrected chi connectivity index (χ3v) is 1.59. The zero-order valence-corrected chi connectivity index (χ0v) is 6.60. The van der Waals surface area contributed by atoms with Crippen LogP contribution >= 0.6 is 11.6 Å². The molecule has 0 unspecified atom stereocenters. The first-order valence-corrected chi connectivity index (χ1v) is 3.48. The van der Waals surface area contributed by atoms with Crippen molar-refractivity contribution in [3.63, 3.8) is 0 Å². The van der Waals surface area contributed by atoms with E-state index in [0.717, 1.165) is 5.56 Å². The van der Waals surface area contributed by atoms with Crippen molar-refractivity contribution < 1.29 is 0 Å². The molecule has 1 aromatic carbocycles. The number of hydrogen-bond acceptors (Lipinski definition) is 1. The normalized spacial score (nSPS) is 8.73. The number of benzene rings is 1. The summed E-state index contributed by atoms with van der Waals surface area (Å²) in [6, 6.07) is 7.13. The van der Waals surface area contributed by atoms with Gasteiger partial charge in [-0.25, -0.2) is 0 Å². The second kappa shape index (κ2) is 3.23. The maximum absolute atomic E-state index is 8.60. The fraction of sp³-hybridized carbons (Fsp3) is 0. The smallest absolute Gasteiger partial charge is 0.0997 e. The van der Waals surface area contributed by atoms with E-state index >= 15 is 0 Å². The zero-order valence-electron chi connectivity index (χ0n) is 5.84. The Labute approximate surface area is 70.5 Å². The maximum atomic E-state index is 8.60. The third-order valence-electron chi connectivity index (χ3n) is 1.35. The Morgan fingerprint density at radius 2 is 2.27 bits per heavy atom. The molecule has 0 atom stereocenters. The van der Waals surface area contributed by atoms with Gasteiger partial charge in [-0.15, -0.1) is 0 Å². The lowest BCUT2D eigenvalue weighted by Gasteiger charge is -1.96. The Morgan fingerprint density at radius 1 is 1.55 bits per heavy atom. The largest absolute Gasteiger partial charge is 0.192 e.